The van der Waals surface area contributed by atoms with E-state index in [2.05, 4.69) is 20.9 Å². The van der Waals surface area contributed by atoms with Gasteiger partial charge in [0.25, 0.3) is 0 Å². The van der Waals surface area contributed by atoms with Gasteiger partial charge in [-0.05, 0) is 12.1 Å². The van der Waals surface area contributed by atoms with Crippen molar-refractivity contribution >= 4 is 21.9 Å². The summed E-state index contributed by atoms with van der Waals surface area (Å²) in [6.45, 7) is 1.65. The van der Waals surface area contributed by atoms with E-state index in [9.17, 15) is 4.79 Å². The first-order valence-corrected chi connectivity index (χ1v) is 8.38. The maximum absolute atomic E-state index is 11.1. The Bertz CT molecular complexity index is 841. The molecule has 1 aromatic heterocycles. The summed E-state index contributed by atoms with van der Waals surface area (Å²) < 4.78 is 6.90. The van der Waals surface area contributed by atoms with Crippen LogP contribution in [-0.4, -0.2) is 16.1 Å². The zero-order valence-corrected chi connectivity index (χ0v) is 14.7. The quantitative estimate of drug-likeness (QED) is 0.668. The molecule has 1 atom stereocenters. The van der Waals surface area contributed by atoms with Crippen LogP contribution in [0.4, 0.5) is 0 Å². The summed E-state index contributed by atoms with van der Waals surface area (Å²) >= 11 is 3.43. The number of carbonyl (C=O) groups is 1. The molecule has 0 aliphatic rings. The molecule has 0 bridgehead atoms. The van der Waals surface area contributed by atoms with E-state index in [4.69, 9.17) is 9.52 Å². The summed E-state index contributed by atoms with van der Waals surface area (Å²) in [5.41, 5.74) is 2.56. The number of aromatic nitrogens is 1. The van der Waals surface area contributed by atoms with Crippen LogP contribution in [0.5, 0.6) is 0 Å². The Hall–Kier alpha value is -2.40. The molecule has 0 amide bonds. The second-order valence-corrected chi connectivity index (χ2v) is 6.52. The third kappa shape index (κ3) is 3.57. The number of oxazole rings is 1. The van der Waals surface area contributed by atoms with E-state index in [0.29, 0.717) is 11.7 Å². The molecule has 24 heavy (non-hydrogen) atoms. The summed E-state index contributed by atoms with van der Waals surface area (Å²) in [5.74, 6) is -0.322. The van der Waals surface area contributed by atoms with E-state index in [1.54, 1.807) is 6.92 Å². The van der Waals surface area contributed by atoms with Crippen molar-refractivity contribution in [2.75, 3.05) is 0 Å². The first kappa shape index (κ1) is 16.5. The summed E-state index contributed by atoms with van der Waals surface area (Å²) in [6, 6.07) is 17.5. The molecule has 5 heteroatoms. The number of halogens is 1. The maximum Gasteiger partial charge on any atom is 0.306 e. The molecule has 0 fully saturated rings. The maximum atomic E-state index is 11.1. The fourth-order valence-corrected chi connectivity index (χ4v) is 2.65. The Labute approximate surface area is 148 Å². The van der Waals surface area contributed by atoms with Crippen LogP contribution in [0.25, 0.3) is 22.6 Å². The average Bonchev–Trinajstić information content (AvgIpc) is 3.00. The van der Waals surface area contributed by atoms with Crippen molar-refractivity contribution in [2.24, 2.45) is 5.92 Å². The van der Waals surface area contributed by atoms with Gasteiger partial charge in [0.15, 0.2) is 11.7 Å². The number of nitrogens with zero attached hydrogens (tertiary/aromatic N) is 1. The highest BCUT2D eigenvalue weighted by molar-refractivity contribution is 9.10. The van der Waals surface area contributed by atoms with Gasteiger partial charge in [0.05, 0.1) is 5.92 Å². The summed E-state index contributed by atoms with van der Waals surface area (Å²) in [4.78, 5) is 15.7. The Morgan fingerprint density at radius 3 is 2.42 bits per heavy atom. The molecule has 3 aromatic rings. The lowest BCUT2D eigenvalue weighted by molar-refractivity contribution is -0.141. The van der Waals surface area contributed by atoms with Crippen LogP contribution in [0.15, 0.2) is 63.5 Å². The summed E-state index contributed by atoms with van der Waals surface area (Å²) in [6.07, 6.45) is 0.256. The predicted octanol–water partition coefficient (Wildman–Crippen LogP) is 5.03. The first-order valence-electron chi connectivity index (χ1n) is 7.58. The molecule has 0 saturated carbocycles. The van der Waals surface area contributed by atoms with E-state index in [1.165, 1.54) is 0 Å². The monoisotopic (exact) mass is 385 g/mol. The lowest BCUT2D eigenvalue weighted by Gasteiger charge is -2.01. The minimum atomic E-state index is -0.861. The number of carboxylic acids is 1. The average molecular weight is 386 g/mol. The van der Waals surface area contributed by atoms with Crippen LogP contribution in [0, 0.1) is 5.92 Å². The smallest absolute Gasteiger partial charge is 0.306 e. The van der Waals surface area contributed by atoms with Crippen molar-refractivity contribution in [3.05, 3.63) is 65.0 Å². The molecule has 2 aromatic carbocycles. The van der Waals surface area contributed by atoms with Gasteiger partial charge in [0.2, 0.25) is 0 Å². The molecule has 0 aliphatic carbocycles. The van der Waals surface area contributed by atoms with Crippen LogP contribution in [0.1, 0.15) is 12.8 Å². The highest BCUT2D eigenvalue weighted by Crippen LogP contribution is 2.33. The third-order valence-corrected chi connectivity index (χ3v) is 4.26. The molecular weight excluding hydrogens is 370 g/mol. The molecule has 1 unspecified atom stereocenters. The van der Waals surface area contributed by atoms with Gasteiger partial charge in [0, 0.05) is 22.0 Å². The Morgan fingerprint density at radius 2 is 1.79 bits per heavy atom. The van der Waals surface area contributed by atoms with Gasteiger partial charge in [-0.2, -0.15) is 0 Å². The number of rotatable bonds is 5. The second kappa shape index (κ2) is 7.01. The van der Waals surface area contributed by atoms with E-state index >= 15 is 0 Å². The van der Waals surface area contributed by atoms with Crippen molar-refractivity contribution in [1.29, 1.82) is 0 Å². The number of carboxylic acid groups (broad SMARTS) is 1. The highest BCUT2D eigenvalue weighted by Gasteiger charge is 2.20. The number of hydrogen-bond donors (Lipinski definition) is 1. The second-order valence-electron chi connectivity index (χ2n) is 5.60. The van der Waals surface area contributed by atoms with E-state index in [1.807, 2.05) is 54.6 Å². The van der Waals surface area contributed by atoms with Crippen molar-refractivity contribution in [3.63, 3.8) is 0 Å². The van der Waals surface area contributed by atoms with Crippen molar-refractivity contribution in [2.45, 2.75) is 13.3 Å². The third-order valence-electron chi connectivity index (χ3n) is 3.73. The van der Waals surface area contributed by atoms with Gasteiger partial charge in [-0.15, -0.1) is 0 Å². The van der Waals surface area contributed by atoms with Crippen molar-refractivity contribution < 1.29 is 14.3 Å². The van der Waals surface area contributed by atoms with Crippen LogP contribution < -0.4 is 0 Å². The zero-order valence-electron chi connectivity index (χ0n) is 13.1. The van der Waals surface area contributed by atoms with Crippen LogP contribution >= 0.6 is 15.9 Å². The van der Waals surface area contributed by atoms with Gasteiger partial charge in [-0.3, -0.25) is 4.79 Å². The lowest BCUT2D eigenvalue weighted by atomic mass is 10.1. The number of hydrogen-bond acceptors (Lipinski definition) is 3. The fraction of sp³-hybridized carbons (Fsp3) is 0.158. The van der Waals surface area contributed by atoms with Gasteiger partial charge < -0.3 is 9.52 Å². The van der Waals surface area contributed by atoms with Gasteiger partial charge in [-0.25, -0.2) is 4.98 Å². The molecule has 0 saturated heterocycles. The topological polar surface area (TPSA) is 63.3 Å². The summed E-state index contributed by atoms with van der Waals surface area (Å²) in [5, 5.41) is 9.11. The zero-order chi connectivity index (χ0) is 17.1. The van der Waals surface area contributed by atoms with Crippen LogP contribution in [0.2, 0.25) is 0 Å². The lowest BCUT2D eigenvalue weighted by Crippen LogP contribution is -2.12. The van der Waals surface area contributed by atoms with Gasteiger partial charge in [0.1, 0.15) is 5.69 Å². The molecule has 0 aliphatic heterocycles. The predicted molar refractivity (Wildman–Crippen MR) is 95.6 cm³/mol. The SMILES string of the molecule is CC(Cc1nc(-c2ccc(Br)cc2)c(-c2ccccc2)o1)C(=O)O. The standard InChI is InChI=1S/C19H16BrNO3/c1-12(19(22)23)11-16-21-17(13-7-9-15(20)10-8-13)18(24-16)14-5-3-2-4-6-14/h2-10,12H,11H2,1H3,(H,22,23). The van der Waals surface area contributed by atoms with E-state index in [-0.39, 0.29) is 6.42 Å². The van der Waals surface area contributed by atoms with Gasteiger partial charge >= 0.3 is 5.97 Å². The normalized spacial score (nSPS) is 12.1. The Morgan fingerprint density at radius 1 is 1.12 bits per heavy atom. The molecule has 1 N–H and O–H groups in total. The number of aliphatic carboxylic acids is 1. The molecule has 1 heterocycles. The van der Waals surface area contributed by atoms with Crippen LogP contribution in [0.3, 0.4) is 0 Å². The summed E-state index contributed by atoms with van der Waals surface area (Å²) in [7, 11) is 0. The minimum absolute atomic E-state index is 0.256. The van der Waals surface area contributed by atoms with Crippen molar-refractivity contribution in [3.8, 4) is 22.6 Å². The Balaban J connectivity index is 2.06. The molecule has 122 valence electrons. The van der Waals surface area contributed by atoms with Crippen molar-refractivity contribution in [1.82, 2.24) is 4.98 Å². The molecular formula is C19H16BrNO3. The molecule has 0 spiro atoms. The molecule has 4 nitrogen and oxygen atoms in total. The van der Waals surface area contributed by atoms with E-state index < -0.39 is 11.9 Å². The van der Waals surface area contributed by atoms with E-state index in [0.717, 1.165) is 21.3 Å². The highest BCUT2D eigenvalue weighted by atomic mass is 79.9. The Kier molecular flexibility index (Phi) is 4.81. The minimum Gasteiger partial charge on any atom is -0.481 e. The van der Waals surface area contributed by atoms with Gasteiger partial charge in [-0.1, -0.05) is 65.3 Å². The molecule has 3 rings (SSSR count). The van der Waals surface area contributed by atoms with Crippen LogP contribution in [-0.2, 0) is 11.2 Å². The first-order chi connectivity index (χ1) is 11.5. The largest absolute Gasteiger partial charge is 0.481 e. The molecule has 0 radical (unpaired) electrons. The number of benzene rings is 2. The fourth-order valence-electron chi connectivity index (χ4n) is 2.39.